The number of nitrogen functional groups attached to an aromatic ring is 1. The van der Waals surface area contributed by atoms with Gasteiger partial charge in [-0.1, -0.05) is 22.4 Å². The highest BCUT2D eigenvalue weighted by Gasteiger charge is 2.32. The standard InChI is InChI=1S/C12H17BrN2O2S/c1-9-4-2-3-7-15(9)18(16,17)12-8-10(13)5-6-11(12)14/h5-6,8-9H,2-4,7,14H2,1H3. The van der Waals surface area contributed by atoms with Crippen LogP contribution in [-0.4, -0.2) is 25.3 Å². The fraction of sp³-hybridized carbons (Fsp3) is 0.500. The van der Waals surface area contributed by atoms with Gasteiger partial charge in [-0.3, -0.25) is 0 Å². The Labute approximate surface area is 116 Å². The van der Waals surface area contributed by atoms with Crippen LogP contribution in [0.15, 0.2) is 27.6 Å². The lowest BCUT2D eigenvalue weighted by Crippen LogP contribution is -2.42. The average Bonchev–Trinajstić information content (AvgIpc) is 2.32. The van der Waals surface area contributed by atoms with E-state index in [-0.39, 0.29) is 10.9 Å². The van der Waals surface area contributed by atoms with Crippen molar-refractivity contribution in [2.75, 3.05) is 12.3 Å². The van der Waals surface area contributed by atoms with Gasteiger partial charge in [0.2, 0.25) is 10.0 Å². The number of hydrogen-bond donors (Lipinski definition) is 1. The maximum atomic E-state index is 12.6. The van der Waals surface area contributed by atoms with E-state index in [0.29, 0.717) is 12.2 Å². The zero-order valence-electron chi connectivity index (χ0n) is 10.3. The zero-order chi connectivity index (χ0) is 13.3. The van der Waals surface area contributed by atoms with Crippen LogP contribution >= 0.6 is 15.9 Å². The third kappa shape index (κ3) is 2.55. The number of rotatable bonds is 2. The highest BCUT2D eigenvalue weighted by Crippen LogP contribution is 2.30. The first-order valence-corrected chi connectivity index (χ1v) is 8.23. The van der Waals surface area contributed by atoms with Gasteiger partial charge in [0.15, 0.2) is 0 Å². The summed E-state index contributed by atoms with van der Waals surface area (Å²) in [6, 6.07) is 4.98. The topological polar surface area (TPSA) is 63.4 Å². The molecule has 0 bridgehead atoms. The van der Waals surface area contributed by atoms with E-state index in [1.807, 2.05) is 6.92 Å². The van der Waals surface area contributed by atoms with E-state index < -0.39 is 10.0 Å². The van der Waals surface area contributed by atoms with Crippen molar-refractivity contribution in [2.24, 2.45) is 0 Å². The Balaban J connectivity index is 2.44. The fourth-order valence-electron chi connectivity index (χ4n) is 2.29. The minimum atomic E-state index is -3.49. The predicted octanol–water partition coefficient (Wildman–Crippen LogP) is 2.59. The lowest BCUT2D eigenvalue weighted by atomic mass is 10.1. The number of nitrogens with two attached hydrogens (primary N) is 1. The predicted molar refractivity (Wildman–Crippen MR) is 75.8 cm³/mol. The van der Waals surface area contributed by atoms with Crippen molar-refractivity contribution in [1.82, 2.24) is 4.31 Å². The maximum Gasteiger partial charge on any atom is 0.245 e. The molecule has 0 aliphatic carbocycles. The van der Waals surface area contributed by atoms with Crippen LogP contribution in [0.2, 0.25) is 0 Å². The summed E-state index contributed by atoms with van der Waals surface area (Å²) in [5, 5.41) is 0. The Morgan fingerprint density at radius 3 is 2.78 bits per heavy atom. The van der Waals surface area contributed by atoms with Crippen molar-refractivity contribution in [2.45, 2.75) is 37.1 Å². The summed E-state index contributed by atoms with van der Waals surface area (Å²) in [6.45, 7) is 2.53. The second kappa shape index (κ2) is 5.19. The molecule has 1 aliphatic heterocycles. The van der Waals surface area contributed by atoms with E-state index in [4.69, 9.17) is 5.73 Å². The van der Waals surface area contributed by atoms with E-state index in [2.05, 4.69) is 15.9 Å². The largest absolute Gasteiger partial charge is 0.398 e. The van der Waals surface area contributed by atoms with Gasteiger partial charge in [0, 0.05) is 17.1 Å². The molecule has 2 rings (SSSR count). The molecule has 6 heteroatoms. The molecule has 18 heavy (non-hydrogen) atoms. The van der Waals surface area contributed by atoms with Crippen molar-refractivity contribution < 1.29 is 8.42 Å². The van der Waals surface area contributed by atoms with Crippen molar-refractivity contribution in [3.8, 4) is 0 Å². The fourth-order valence-corrected chi connectivity index (χ4v) is 4.64. The van der Waals surface area contributed by atoms with E-state index in [1.54, 1.807) is 22.5 Å². The van der Waals surface area contributed by atoms with Crippen LogP contribution in [0, 0.1) is 0 Å². The highest BCUT2D eigenvalue weighted by atomic mass is 79.9. The first-order chi connectivity index (χ1) is 8.43. The molecule has 1 saturated heterocycles. The molecule has 1 fully saturated rings. The SMILES string of the molecule is CC1CCCCN1S(=O)(=O)c1cc(Br)ccc1N. The first-order valence-electron chi connectivity index (χ1n) is 6.00. The van der Waals surface area contributed by atoms with E-state index in [1.165, 1.54) is 0 Å². The minimum Gasteiger partial charge on any atom is -0.398 e. The lowest BCUT2D eigenvalue weighted by molar-refractivity contribution is 0.269. The van der Waals surface area contributed by atoms with Gasteiger partial charge in [0.1, 0.15) is 4.90 Å². The molecule has 0 radical (unpaired) electrons. The number of benzene rings is 1. The Kier molecular flexibility index (Phi) is 3.99. The second-order valence-electron chi connectivity index (χ2n) is 4.64. The zero-order valence-corrected chi connectivity index (χ0v) is 12.7. The average molecular weight is 333 g/mol. The molecule has 1 atom stereocenters. The Bertz CT molecular complexity index is 545. The van der Waals surface area contributed by atoms with Crippen LogP contribution in [0.5, 0.6) is 0 Å². The summed E-state index contributed by atoms with van der Waals surface area (Å²) in [5.41, 5.74) is 6.10. The molecule has 1 aromatic carbocycles. The van der Waals surface area contributed by atoms with Crippen LogP contribution in [0.25, 0.3) is 0 Å². The molecule has 2 N–H and O–H groups in total. The third-order valence-electron chi connectivity index (χ3n) is 3.30. The normalized spacial score (nSPS) is 22.0. The van der Waals surface area contributed by atoms with Gasteiger partial charge in [-0.2, -0.15) is 4.31 Å². The van der Waals surface area contributed by atoms with Gasteiger partial charge < -0.3 is 5.73 Å². The van der Waals surface area contributed by atoms with Gasteiger partial charge in [0.05, 0.1) is 5.69 Å². The third-order valence-corrected chi connectivity index (χ3v) is 5.87. The van der Waals surface area contributed by atoms with E-state index in [9.17, 15) is 8.42 Å². The molecule has 0 spiro atoms. The number of halogens is 1. The second-order valence-corrected chi connectivity index (χ2v) is 7.42. The molecular weight excluding hydrogens is 316 g/mol. The molecule has 1 unspecified atom stereocenters. The number of anilines is 1. The summed E-state index contributed by atoms with van der Waals surface area (Å²) in [6.07, 6.45) is 2.91. The van der Waals surface area contributed by atoms with Gasteiger partial charge >= 0.3 is 0 Å². The van der Waals surface area contributed by atoms with Gasteiger partial charge in [-0.25, -0.2) is 8.42 Å². The summed E-state index contributed by atoms with van der Waals surface area (Å²) >= 11 is 3.29. The highest BCUT2D eigenvalue weighted by molar-refractivity contribution is 9.10. The van der Waals surface area contributed by atoms with Crippen molar-refractivity contribution in [3.63, 3.8) is 0 Å². The minimum absolute atomic E-state index is 0.0436. The van der Waals surface area contributed by atoms with Crippen LogP contribution in [0.3, 0.4) is 0 Å². The molecule has 1 aliphatic rings. The van der Waals surface area contributed by atoms with Crippen molar-refractivity contribution in [1.29, 1.82) is 0 Å². The number of sulfonamides is 1. The van der Waals surface area contributed by atoms with Gasteiger partial charge in [-0.05, 0) is 38.0 Å². The van der Waals surface area contributed by atoms with Crippen LogP contribution in [0.1, 0.15) is 26.2 Å². The molecule has 0 aromatic heterocycles. The molecule has 0 amide bonds. The summed E-state index contributed by atoms with van der Waals surface area (Å²) in [7, 11) is -3.49. The number of hydrogen-bond acceptors (Lipinski definition) is 3. The Morgan fingerprint density at radius 2 is 2.11 bits per heavy atom. The number of nitrogens with zero attached hydrogens (tertiary/aromatic N) is 1. The quantitative estimate of drug-likeness (QED) is 0.846. The smallest absolute Gasteiger partial charge is 0.245 e. The monoisotopic (exact) mass is 332 g/mol. The van der Waals surface area contributed by atoms with E-state index >= 15 is 0 Å². The van der Waals surface area contributed by atoms with Crippen LogP contribution in [-0.2, 0) is 10.0 Å². The van der Waals surface area contributed by atoms with E-state index in [0.717, 1.165) is 23.7 Å². The molecule has 0 saturated carbocycles. The summed E-state index contributed by atoms with van der Waals surface area (Å²) in [5.74, 6) is 0. The molecule has 100 valence electrons. The van der Waals surface area contributed by atoms with Crippen LogP contribution < -0.4 is 5.73 Å². The van der Waals surface area contributed by atoms with Crippen molar-refractivity contribution >= 4 is 31.6 Å². The van der Waals surface area contributed by atoms with Crippen molar-refractivity contribution in [3.05, 3.63) is 22.7 Å². The maximum absolute atomic E-state index is 12.6. The van der Waals surface area contributed by atoms with Crippen LogP contribution in [0.4, 0.5) is 5.69 Å². The van der Waals surface area contributed by atoms with Gasteiger partial charge in [0.25, 0.3) is 0 Å². The first kappa shape index (κ1) is 13.8. The lowest BCUT2D eigenvalue weighted by Gasteiger charge is -2.32. The summed E-state index contributed by atoms with van der Waals surface area (Å²) in [4.78, 5) is 0.200. The molecular formula is C12H17BrN2O2S. The Morgan fingerprint density at radius 1 is 1.39 bits per heavy atom. The summed E-state index contributed by atoms with van der Waals surface area (Å²) < 4.78 is 27.5. The number of piperidine rings is 1. The molecule has 1 aromatic rings. The Hall–Kier alpha value is -0.590. The molecule has 4 nitrogen and oxygen atoms in total. The van der Waals surface area contributed by atoms with Gasteiger partial charge in [-0.15, -0.1) is 0 Å². The molecule has 1 heterocycles.